The molecule has 2 aromatic carbocycles. The molecular weight excluding hydrogens is 268 g/mol. The summed E-state index contributed by atoms with van der Waals surface area (Å²) in [5.41, 5.74) is 20.6. The van der Waals surface area contributed by atoms with Crippen molar-refractivity contribution in [1.82, 2.24) is 0 Å². The van der Waals surface area contributed by atoms with Crippen LogP contribution in [0.25, 0.3) is 0 Å². The summed E-state index contributed by atoms with van der Waals surface area (Å²) in [6.45, 7) is 11.1. The summed E-state index contributed by atoms with van der Waals surface area (Å²) in [6.07, 6.45) is 1.07. The van der Waals surface area contributed by atoms with Crippen molar-refractivity contribution < 1.29 is 0 Å². The maximum atomic E-state index is 6.21. The number of anilines is 2. The molecule has 0 radical (unpaired) electrons. The van der Waals surface area contributed by atoms with Gasteiger partial charge in [-0.3, -0.25) is 0 Å². The van der Waals surface area contributed by atoms with Gasteiger partial charge in [-0.1, -0.05) is 39.0 Å². The van der Waals surface area contributed by atoms with Crippen molar-refractivity contribution in [2.24, 2.45) is 0 Å². The van der Waals surface area contributed by atoms with E-state index in [1.165, 1.54) is 22.3 Å². The highest BCUT2D eigenvalue weighted by atomic mass is 14.6. The highest BCUT2D eigenvalue weighted by Crippen LogP contribution is 2.53. The van der Waals surface area contributed by atoms with E-state index in [0.29, 0.717) is 0 Å². The molecule has 0 saturated heterocycles. The number of benzene rings is 2. The lowest BCUT2D eigenvalue weighted by molar-refractivity contribution is 0.425. The Hall–Kier alpha value is -1.96. The van der Waals surface area contributed by atoms with Crippen LogP contribution < -0.4 is 11.5 Å². The zero-order valence-corrected chi connectivity index (χ0v) is 14.2. The molecule has 1 unspecified atom stereocenters. The van der Waals surface area contributed by atoms with Crippen LogP contribution in [-0.4, -0.2) is 0 Å². The molecule has 3 rings (SSSR count). The van der Waals surface area contributed by atoms with Crippen LogP contribution in [0, 0.1) is 13.8 Å². The van der Waals surface area contributed by atoms with Gasteiger partial charge in [0.1, 0.15) is 0 Å². The summed E-state index contributed by atoms with van der Waals surface area (Å²) in [5.74, 6) is 0. The van der Waals surface area contributed by atoms with Crippen LogP contribution in [0.3, 0.4) is 0 Å². The topological polar surface area (TPSA) is 52.0 Å². The van der Waals surface area contributed by atoms with Crippen molar-refractivity contribution in [3.05, 3.63) is 58.1 Å². The van der Waals surface area contributed by atoms with Crippen molar-refractivity contribution in [2.45, 2.75) is 51.9 Å². The van der Waals surface area contributed by atoms with Crippen molar-refractivity contribution >= 4 is 11.4 Å². The Labute approximate surface area is 133 Å². The molecule has 0 heterocycles. The zero-order chi connectivity index (χ0) is 16.3. The first kappa shape index (κ1) is 15.0. The fourth-order valence-electron chi connectivity index (χ4n) is 4.06. The minimum absolute atomic E-state index is 0.0392. The van der Waals surface area contributed by atoms with E-state index in [-0.39, 0.29) is 10.8 Å². The molecule has 0 saturated carbocycles. The van der Waals surface area contributed by atoms with Crippen LogP contribution in [0.4, 0.5) is 11.4 Å². The molecule has 0 fully saturated rings. The standard InChI is InChI=1S/C20H26N2/c1-12-6-7-14(9-17(12)21)20(5)11-19(3,4)15-8-13(2)18(22)10-16(15)20/h6-10H,11,21-22H2,1-5H3. The average molecular weight is 294 g/mol. The van der Waals surface area contributed by atoms with Crippen LogP contribution >= 0.6 is 0 Å². The molecule has 4 N–H and O–H groups in total. The SMILES string of the molecule is Cc1ccc(C2(C)CC(C)(C)c3cc(C)c(N)cc32)cc1N. The van der Waals surface area contributed by atoms with Crippen molar-refractivity contribution in [2.75, 3.05) is 11.5 Å². The minimum Gasteiger partial charge on any atom is -0.399 e. The Morgan fingerprint density at radius 3 is 2.09 bits per heavy atom. The minimum atomic E-state index is -0.0392. The molecular formula is C20H26N2. The third-order valence-corrected chi connectivity index (χ3v) is 5.44. The largest absolute Gasteiger partial charge is 0.399 e. The molecule has 2 aromatic rings. The quantitative estimate of drug-likeness (QED) is 0.763. The fourth-order valence-corrected chi connectivity index (χ4v) is 4.06. The third kappa shape index (κ3) is 2.01. The number of fused-ring (bicyclic) bond motifs is 1. The lowest BCUT2D eigenvalue weighted by atomic mass is 9.74. The van der Waals surface area contributed by atoms with E-state index in [0.717, 1.165) is 23.4 Å². The van der Waals surface area contributed by atoms with Gasteiger partial charge in [0.05, 0.1) is 0 Å². The van der Waals surface area contributed by atoms with Crippen molar-refractivity contribution in [1.29, 1.82) is 0 Å². The van der Waals surface area contributed by atoms with E-state index >= 15 is 0 Å². The number of nitrogens with two attached hydrogens (primary N) is 2. The first-order valence-electron chi connectivity index (χ1n) is 7.93. The van der Waals surface area contributed by atoms with Gasteiger partial charge in [0, 0.05) is 16.8 Å². The Bertz CT molecular complexity index is 759. The summed E-state index contributed by atoms with van der Waals surface area (Å²) in [6, 6.07) is 10.9. The molecule has 0 aliphatic heterocycles. The van der Waals surface area contributed by atoms with Gasteiger partial charge in [0.25, 0.3) is 0 Å². The predicted molar refractivity (Wildman–Crippen MR) is 95.3 cm³/mol. The molecule has 0 bridgehead atoms. The molecule has 0 amide bonds. The molecule has 1 aliphatic carbocycles. The number of rotatable bonds is 1. The van der Waals surface area contributed by atoms with E-state index in [1.54, 1.807) is 0 Å². The maximum absolute atomic E-state index is 6.21. The van der Waals surface area contributed by atoms with Gasteiger partial charge in [0.15, 0.2) is 0 Å². The summed E-state index contributed by atoms with van der Waals surface area (Å²) < 4.78 is 0. The Morgan fingerprint density at radius 2 is 1.45 bits per heavy atom. The molecule has 0 spiro atoms. The second-order valence-electron chi connectivity index (χ2n) is 7.72. The van der Waals surface area contributed by atoms with E-state index in [4.69, 9.17) is 11.5 Å². The van der Waals surface area contributed by atoms with E-state index < -0.39 is 0 Å². The molecule has 2 nitrogen and oxygen atoms in total. The van der Waals surface area contributed by atoms with Gasteiger partial charge < -0.3 is 11.5 Å². The molecule has 1 aliphatic rings. The number of hydrogen-bond acceptors (Lipinski definition) is 2. The molecule has 22 heavy (non-hydrogen) atoms. The molecule has 2 heteroatoms. The van der Waals surface area contributed by atoms with Gasteiger partial charge in [-0.2, -0.15) is 0 Å². The van der Waals surface area contributed by atoms with Gasteiger partial charge in [-0.25, -0.2) is 0 Å². The Balaban J connectivity index is 2.25. The van der Waals surface area contributed by atoms with Gasteiger partial charge in [-0.15, -0.1) is 0 Å². The summed E-state index contributed by atoms with van der Waals surface area (Å²) >= 11 is 0. The molecule has 1 atom stereocenters. The smallest absolute Gasteiger partial charge is 0.0347 e. The van der Waals surface area contributed by atoms with Gasteiger partial charge in [-0.05, 0) is 65.6 Å². The summed E-state index contributed by atoms with van der Waals surface area (Å²) in [7, 11) is 0. The Kier molecular flexibility index (Phi) is 3.07. The highest BCUT2D eigenvalue weighted by molar-refractivity contribution is 5.62. The monoisotopic (exact) mass is 294 g/mol. The second-order valence-corrected chi connectivity index (χ2v) is 7.72. The fraction of sp³-hybridized carbons (Fsp3) is 0.400. The van der Waals surface area contributed by atoms with Gasteiger partial charge in [0.2, 0.25) is 0 Å². The van der Waals surface area contributed by atoms with E-state index in [9.17, 15) is 0 Å². The van der Waals surface area contributed by atoms with Crippen LogP contribution in [-0.2, 0) is 10.8 Å². The van der Waals surface area contributed by atoms with Crippen LogP contribution in [0.15, 0.2) is 30.3 Å². The number of hydrogen-bond donors (Lipinski definition) is 2. The van der Waals surface area contributed by atoms with Gasteiger partial charge >= 0.3 is 0 Å². The number of aryl methyl sites for hydroxylation is 2. The van der Waals surface area contributed by atoms with E-state index in [2.05, 4.69) is 65.0 Å². The lowest BCUT2D eigenvalue weighted by Crippen LogP contribution is -2.23. The van der Waals surface area contributed by atoms with Crippen LogP contribution in [0.2, 0.25) is 0 Å². The van der Waals surface area contributed by atoms with Crippen LogP contribution in [0.1, 0.15) is 55.0 Å². The lowest BCUT2D eigenvalue weighted by Gasteiger charge is -2.29. The van der Waals surface area contributed by atoms with Crippen molar-refractivity contribution in [3.63, 3.8) is 0 Å². The molecule has 0 aromatic heterocycles. The van der Waals surface area contributed by atoms with E-state index in [1.807, 2.05) is 0 Å². The predicted octanol–water partition coefficient (Wildman–Crippen LogP) is 4.46. The second kappa shape index (κ2) is 4.52. The Morgan fingerprint density at radius 1 is 0.818 bits per heavy atom. The average Bonchev–Trinajstić information content (AvgIpc) is 2.62. The highest BCUT2D eigenvalue weighted by Gasteiger charge is 2.46. The first-order chi connectivity index (χ1) is 10.1. The summed E-state index contributed by atoms with van der Waals surface area (Å²) in [4.78, 5) is 0. The maximum Gasteiger partial charge on any atom is 0.0347 e. The summed E-state index contributed by atoms with van der Waals surface area (Å²) in [5, 5.41) is 0. The molecule has 116 valence electrons. The first-order valence-corrected chi connectivity index (χ1v) is 7.93. The third-order valence-electron chi connectivity index (χ3n) is 5.44. The van der Waals surface area contributed by atoms with Crippen LogP contribution in [0.5, 0.6) is 0 Å². The number of nitrogen functional groups attached to an aromatic ring is 2. The zero-order valence-electron chi connectivity index (χ0n) is 14.2. The van der Waals surface area contributed by atoms with Crippen molar-refractivity contribution in [3.8, 4) is 0 Å². The normalized spacial score (nSPS) is 22.6.